The predicted molar refractivity (Wildman–Crippen MR) is 72.6 cm³/mol. The van der Waals surface area contributed by atoms with Gasteiger partial charge >= 0.3 is 0 Å². The van der Waals surface area contributed by atoms with E-state index in [0.717, 1.165) is 6.54 Å². The summed E-state index contributed by atoms with van der Waals surface area (Å²) in [5, 5.41) is 4.85. The molecule has 1 fully saturated rings. The number of hydrogen-bond acceptors (Lipinski definition) is 1. The molecule has 1 aliphatic heterocycles. The summed E-state index contributed by atoms with van der Waals surface area (Å²) < 4.78 is 0. The molecule has 2 N–H and O–H groups in total. The molecule has 2 heterocycles. The Morgan fingerprint density at radius 1 is 1.18 bits per heavy atom. The fraction of sp³-hybridized carbons (Fsp3) is 0.467. The number of aryl methyl sites for hydroxylation is 2. The summed E-state index contributed by atoms with van der Waals surface area (Å²) in [6, 6.07) is 6.87. The van der Waals surface area contributed by atoms with E-state index in [9.17, 15) is 0 Å². The van der Waals surface area contributed by atoms with Crippen molar-refractivity contribution in [2.75, 3.05) is 13.1 Å². The summed E-state index contributed by atoms with van der Waals surface area (Å²) in [7, 11) is 0. The minimum atomic E-state index is 0.663. The number of benzene rings is 1. The van der Waals surface area contributed by atoms with Crippen LogP contribution >= 0.6 is 0 Å². The van der Waals surface area contributed by atoms with Gasteiger partial charge in [0, 0.05) is 29.1 Å². The highest BCUT2D eigenvalue weighted by molar-refractivity contribution is 5.84. The highest BCUT2D eigenvalue weighted by Crippen LogP contribution is 2.28. The van der Waals surface area contributed by atoms with Crippen LogP contribution in [-0.2, 0) is 0 Å². The lowest BCUT2D eigenvalue weighted by Gasteiger charge is -2.21. The van der Waals surface area contributed by atoms with Crippen LogP contribution in [0.25, 0.3) is 10.9 Å². The first kappa shape index (κ1) is 10.8. The van der Waals surface area contributed by atoms with Gasteiger partial charge in [0.05, 0.1) is 0 Å². The summed E-state index contributed by atoms with van der Waals surface area (Å²) in [6.07, 6.45) is 2.59. The van der Waals surface area contributed by atoms with Gasteiger partial charge in [-0.3, -0.25) is 0 Å². The third-order valence-electron chi connectivity index (χ3n) is 3.83. The lowest BCUT2D eigenvalue weighted by Crippen LogP contribution is -2.28. The van der Waals surface area contributed by atoms with Crippen molar-refractivity contribution in [3.63, 3.8) is 0 Å². The van der Waals surface area contributed by atoms with Gasteiger partial charge in [-0.2, -0.15) is 0 Å². The van der Waals surface area contributed by atoms with Crippen LogP contribution in [0.3, 0.4) is 0 Å². The first-order valence-electron chi connectivity index (χ1n) is 6.54. The van der Waals surface area contributed by atoms with Crippen LogP contribution in [0.1, 0.15) is 35.6 Å². The Balaban J connectivity index is 2.03. The van der Waals surface area contributed by atoms with Crippen LogP contribution in [0.15, 0.2) is 18.2 Å². The van der Waals surface area contributed by atoms with Crippen molar-refractivity contribution in [2.45, 2.75) is 32.6 Å². The number of rotatable bonds is 1. The molecule has 3 rings (SSSR count). The molecule has 1 atom stereocenters. The summed E-state index contributed by atoms with van der Waals surface area (Å²) in [5.74, 6) is 0.663. The topological polar surface area (TPSA) is 27.8 Å². The quantitative estimate of drug-likeness (QED) is 0.770. The molecule has 0 spiro atoms. The minimum absolute atomic E-state index is 0.663. The molecular weight excluding hydrogens is 208 g/mol. The first-order valence-corrected chi connectivity index (χ1v) is 6.54. The van der Waals surface area contributed by atoms with E-state index in [1.54, 1.807) is 0 Å². The molecule has 2 heteroatoms. The van der Waals surface area contributed by atoms with E-state index in [1.807, 2.05) is 0 Å². The van der Waals surface area contributed by atoms with Crippen LogP contribution in [0.5, 0.6) is 0 Å². The van der Waals surface area contributed by atoms with E-state index < -0.39 is 0 Å². The second-order valence-corrected chi connectivity index (χ2v) is 5.31. The number of piperidine rings is 1. The molecule has 1 unspecified atom stereocenters. The van der Waals surface area contributed by atoms with E-state index in [4.69, 9.17) is 0 Å². The van der Waals surface area contributed by atoms with Crippen LogP contribution in [0, 0.1) is 13.8 Å². The number of aromatic amines is 1. The maximum atomic E-state index is 3.62. The number of hydrogen-bond donors (Lipinski definition) is 2. The second-order valence-electron chi connectivity index (χ2n) is 5.31. The monoisotopic (exact) mass is 228 g/mol. The average molecular weight is 228 g/mol. The maximum Gasteiger partial charge on any atom is 0.0486 e. The van der Waals surface area contributed by atoms with Gasteiger partial charge in [-0.05, 0) is 50.9 Å². The molecule has 2 nitrogen and oxygen atoms in total. The summed E-state index contributed by atoms with van der Waals surface area (Å²) in [6.45, 7) is 6.65. The van der Waals surface area contributed by atoms with Crippen LogP contribution < -0.4 is 5.32 Å². The Labute approximate surface area is 102 Å². The largest absolute Gasteiger partial charge is 0.358 e. The minimum Gasteiger partial charge on any atom is -0.358 e. The van der Waals surface area contributed by atoms with E-state index in [1.165, 1.54) is 47.1 Å². The Morgan fingerprint density at radius 3 is 2.82 bits per heavy atom. The molecule has 1 aromatic heterocycles. The Morgan fingerprint density at radius 2 is 2.06 bits per heavy atom. The highest BCUT2D eigenvalue weighted by Gasteiger charge is 2.17. The van der Waals surface area contributed by atoms with Gasteiger partial charge in [-0.15, -0.1) is 0 Å². The van der Waals surface area contributed by atoms with Gasteiger partial charge in [0.1, 0.15) is 0 Å². The smallest absolute Gasteiger partial charge is 0.0486 e. The highest BCUT2D eigenvalue weighted by atomic mass is 14.9. The van der Waals surface area contributed by atoms with Crippen molar-refractivity contribution < 1.29 is 0 Å². The molecule has 0 saturated carbocycles. The van der Waals surface area contributed by atoms with E-state index >= 15 is 0 Å². The SMILES string of the molecule is Cc1cc(C)c2[nH]c(C3CCCNC3)cc2c1. The standard InChI is InChI=1S/C15H20N2/c1-10-6-11(2)15-13(7-10)8-14(17-15)12-4-3-5-16-9-12/h6-8,12,16-17H,3-5,9H2,1-2H3. The summed E-state index contributed by atoms with van der Waals surface area (Å²) >= 11 is 0. The molecule has 17 heavy (non-hydrogen) atoms. The Hall–Kier alpha value is -1.28. The normalized spacial score (nSPS) is 20.9. The fourth-order valence-electron chi connectivity index (χ4n) is 2.97. The zero-order valence-electron chi connectivity index (χ0n) is 10.6. The molecule has 0 bridgehead atoms. The number of aromatic nitrogens is 1. The third kappa shape index (κ3) is 1.98. The third-order valence-corrected chi connectivity index (χ3v) is 3.83. The van der Waals surface area contributed by atoms with Gasteiger partial charge in [-0.1, -0.05) is 11.6 Å². The lowest BCUT2D eigenvalue weighted by atomic mass is 9.96. The van der Waals surface area contributed by atoms with Gasteiger partial charge in [0.15, 0.2) is 0 Å². The van der Waals surface area contributed by atoms with Crippen molar-refractivity contribution in [1.29, 1.82) is 0 Å². The Kier molecular flexibility index (Phi) is 2.67. The molecule has 1 aromatic carbocycles. The zero-order chi connectivity index (χ0) is 11.8. The first-order chi connectivity index (χ1) is 8.24. The fourth-order valence-corrected chi connectivity index (χ4v) is 2.97. The molecule has 0 radical (unpaired) electrons. The number of H-pyrrole nitrogens is 1. The second kappa shape index (κ2) is 4.19. The molecular formula is C15H20N2. The lowest BCUT2D eigenvalue weighted by molar-refractivity contribution is 0.456. The maximum absolute atomic E-state index is 3.62. The summed E-state index contributed by atoms with van der Waals surface area (Å²) in [4.78, 5) is 3.62. The number of fused-ring (bicyclic) bond motifs is 1. The van der Waals surface area contributed by atoms with E-state index in [0.29, 0.717) is 5.92 Å². The van der Waals surface area contributed by atoms with Crippen molar-refractivity contribution in [2.24, 2.45) is 0 Å². The van der Waals surface area contributed by atoms with Gasteiger partial charge < -0.3 is 10.3 Å². The van der Waals surface area contributed by atoms with Crippen LogP contribution in [0.4, 0.5) is 0 Å². The van der Waals surface area contributed by atoms with Gasteiger partial charge in [-0.25, -0.2) is 0 Å². The van der Waals surface area contributed by atoms with Crippen LogP contribution in [-0.4, -0.2) is 18.1 Å². The van der Waals surface area contributed by atoms with Crippen molar-refractivity contribution >= 4 is 10.9 Å². The molecule has 1 aliphatic rings. The predicted octanol–water partition coefficient (Wildman–Crippen LogP) is 3.25. The average Bonchev–Trinajstić information content (AvgIpc) is 2.74. The van der Waals surface area contributed by atoms with Crippen LogP contribution in [0.2, 0.25) is 0 Å². The van der Waals surface area contributed by atoms with Crippen molar-refractivity contribution in [1.82, 2.24) is 10.3 Å². The number of nitrogens with one attached hydrogen (secondary N) is 2. The van der Waals surface area contributed by atoms with Gasteiger partial charge in [0.2, 0.25) is 0 Å². The molecule has 1 saturated heterocycles. The summed E-state index contributed by atoms with van der Waals surface area (Å²) in [5.41, 5.74) is 5.43. The molecule has 90 valence electrons. The van der Waals surface area contributed by atoms with E-state index in [-0.39, 0.29) is 0 Å². The van der Waals surface area contributed by atoms with E-state index in [2.05, 4.69) is 42.3 Å². The Bertz CT molecular complexity index is 533. The van der Waals surface area contributed by atoms with Gasteiger partial charge in [0.25, 0.3) is 0 Å². The molecule has 0 amide bonds. The molecule has 2 aromatic rings. The molecule has 0 aliphatic carbocycles. The zero-order valence-corrected chi connectivity index (χ0v) is 10.6. The van der Waals surface area contributed by atoms with Crippen molar-refractivity contribution in [3.05, 3.63) is 35.0 Å². The van der Waals surface area contributed by atoms with Crippen molar-refractivity contribution in [3.8, 4) is 0 Å².